The van der Waals surface area contributed by atoms with Gasteiger partial charge in [0.25, 0.3) is 0 Å². The van der Waals surface area contributed by atoms with Gasteiger partial charge in [0.1, 0.15) is 5.78 Å². The minimum Gasteiger partial charge on any atom is -0.299 e. The number of aromatic nitrogens is 1. The number of hydrogen-bond donors (Lipinski definition) is 0. The second-order valence-electron chi connectivity index (χ2n) is 6.69. The molecular weight excluding hydrogens is 260 g/mol. The summed E-state index contributed by atoms with van der Waals surface area (Å²) in [4.78, 5) is 19.3. The highest BCUT2D eigenvalue weighted by Crippen LogP contribution is 2.31. The molecule has 3 unspecified atom stereocenters. The lowest BCUT2D eigenvalue weighted by Gasteiger charge is -2.34. The lowest BCUT2D eigenvalue weighted by molar-refractivity contribution is -0.128. The van der Waals surface area contributed by atoms with Crippen LogP contribution in [0.4, 0.5) is 0 Å². The van der Waals surface area contributed by atoms with Crippen LogP contribution in [0, 0.1) is 24.7 Å². The number of rotatable bonds is 5. The maximum atomic E-state index is 12.3. The van der Waals surface area contributed by atoms with Crippen molar-refractivity contribution in [1.82, 2.24) is 9.88 Å². The summed E-state index contributed by atoms with van der Waals surface area (Å²) in [5.74, 6) is 1.71. The van der Waals surface area contributed by atoms with Crippen LogP contribution in [0.5, 0.6) is 0 Å². The van der Waals surface area contributed by atoms with Crippen LogP contribution in [0.1, 0.15) is 45.0 Å². The summed E-state index contributed by atoms with van der Waals surface area (Å²) in [6.07, 6.45) is 1.94. The molecule has 2 rings (SSSR count). The maximum absolute atomic E-state index is 12.3. The smallest absolute Gasteiger partial charge is 0.137 e. The second-order valence-corrected chi connectivity index (χ2v) is 6.69. The standard InChI is InChI=1S/C18H28N2O/c1-5-20(11-16-8-6-7-15(4)19-16)12-17-14(3)9-13(2)10-18(17)21/h6-8,13-14,17H,5,9-12H2,1-4H3. The fraction of sp³-hybridized carbons (Fsp3) is 0.667. The van der Waals surface area contributed by atoms with Crippen LogP contribution in [0.15, 0.2) is 18.2 Å². The first-order valence-electron chi connectivity index (χ1n) is 8.17. The third kappa shape index (κ3) is 4.37. The molecule has 3 nitrogen and oxygen atoms in total. The number of carbonyl (C=O) groups excluding carboxylic acids is 1. The van der Waals surface area contributed by atoms with Crippen molar-refractivity contribution in [1.29, 1.82) is 0 Å². The van der Waals surface area contributed by atoms with Crippen LogP contribution in [-0.2, 0) is 11.3 Å². The molecule has 0 saturated heterocycles. The Hall–Kier alpha value is -1.22. The van der Waals surface area contributed by atoms with E-state index in [0.717, 1.165) is 37.4 Å². The number of carbonyl (C=O) groups is 1. The summed E-state index contributed by atoms with van der Waals surface area (Å²) in [5.41, 5.74) is 2.15. The van der Waals surface area contributed by atoms with Gasteiger partial charge in [0, 0.05) is 31.1 Å². The zero-order chi connectivity index (χ0) is 15.4. The molecule has 21 heavy (non-hydrogen) atoms. The molecule has 0 N–H and O–H groups in total. The molecule has 3 heteroatoms. The van der Waals surface area contributed by atoms with Crippen molar-refractivity contribution in [3.63, 3.8) is 0 Å². The highest BCUT2D eigenvalue weighted by atomic mass is 16.1. The quantitative estimate of drug-likeness (QED) is 0.832. The minimum absolute atomic E-state index is 0.200. The Morgan fingerprint density at radius 2 is 2.10 bits per heavy atom. The Labute approximate surface area is 128 Å². The van der Waals surface area contributed by atoms with Gasteiger partial charge in [0.2, 0.25) is 0 Å². The van der Waals surface area contributed by atoms with Crippen LogP contribution in [0.3, 0.4) is 0 Å². The molecule has 0 bridgehead atoms. The minimum atomic E-state index is 0.200. The summed E-state index contributed by atoms with van der Waals surface area (Å²) in [6.45, 7) is 11.3. The third-order valence-corrected chi connectivity index (χ3v) is 4.66. The Kier molecular flexibility index (Phi) is 5.51. The first-order valence-corrected chi connectivity index (χ1v) is 8.17. The Balaban J connectivity index is 2.00. The van der Waals surface area contributed by atoms with Crippen molar-refractivity contribution in [2.45, 2.75) is 47.1 Å². The van der Waals surface area contributed by atoms with Crippen molar-refractivity contribution < 1.29 is 4.79 Å². The van der Waals surface area contributed by atoms with Crippen molar-refractivity contribution in [3.8, 4) is 0 Å². The van der Waals surface area contributed by atoms with Gasteiger partial charge in [-0.3, -0.25) is 14.7 Å². The van der Waals surface area contributed by atoms with E-state index in [1.807, 2.05) is 13.0 Å². The number of pyridine rings is 1. The molecule has 0 spiro atoms. The molecule has 3 atom stereocenters. The van der Waals surface area contributed by atoms with Crippen molar-refractivity contribution in [2.75, 3.05) is 13.1 Å². The molecule has 0 aromatic carbocycles. The van der Waals surface area contributed by atoms with Gasteiger partial charge in [-0.2, -0.15) is 0 Å². The van der Waals surface area contributed by atoms with Gasteiger partial charge >= 0.3 is 0 Å². The fourth-order valence-electron chi connectivity index (χ4n) is 3.48. The van der Waals surface area contributed by atoms with E-state index < -0.39 is 0 Å². The van der Waals surface area contributed by atoms with E-state index in [1.165, 1.54) is 6.42 Å². The molecule has 1 aliphatic carbocycles. The van der Waals surface area contributed by atoms with Crippen LogP contribution < -0.4 is 0 Å². The summed E-state index contributed by atoms with van der Waals surface area (Å²) < 4.78 is 0. The summed E-state index contributed by atoms with van der Waals surface area (Å²) in [6, 6.07) is 6.15. The van der Waals surface area contributed by atoms with Crippen molar-refractivity contribution in [2.24, 2.45) is 17.8 Å². The molecule has 1 aliphatic rings. The zero-order valence-electron chi connectivity index (χ0n) is 13.8. The summed E-state index contributed by atoms with van der Waals surface area (Å²) in [5, 5.41) is 0. The maximum Gasteiger partial charge on any atom is 0.137 e. The molecule has 1 aromatic heterocycles. The molecule has 1 heterocycles. The van der Waals surface area contributed by atoms with Crippen LogP contribution >= 0.6 is 0 Å². The first-order chi connectivity index (χ1) is 9.99. The number of aryl methyl sites for hydroxylation is 1. The van der Waals surface area contributed by atoms with E-state index in [2.05, 4.69) is 42.8 Å². The van der Waals surface area contributed by atoms with Gasteiger partial charge < -0.3 is 0 Å². The number of ketones is 1. The Morgan fingerprint density at radius 3 is 2.71 bits per heavy atom. The predicted molar refractivity (Wildman–Crippen MR) is 86.0 cm³/mol. The van der Waals surface area contributed by atoms with Crippen LogP contribution in [0.2, 0.25) is 0 Å². The van der Waals surface area contributed by atoms with Gasteiger partial charge in [0.15, 0.2) is 0 Å². The third-order valence-electron chi connectivity index (χ3n) is 4.66. The molecule has 1 aromatic rings. The van der Waals surface area contributed by atoms with E-state index in [0.29, 0.717) is 17.6 Å². The largest absolute Gasteiger partial charge is 0.299 e. The summed E-state index contributed by atoms with van der Waals surface area (Å²) >= 11 is 0. The van der Waals surface area contributed by atoms with Crippen LogP contribution in [-0.4, -0.2) is 28.8 Å². The molecule has 0 aliphatic heterocycles. The predicted octanol–water partition coefficient (Wildman–Crippen LogP) is 3.46. The number of nitrogens with zero attached hydrogens (tertiary/aromatic N) is 2. The van der Waals surface area contributed by atoms with E-state index in [1.54, 1.807) is 0 Å². The van der Waals surface area contributed by atoms with E-state index in [9.17, 15) is 4.79 Å². The topological polar surface area (TPSA) is 33.2 Å². The van der Waals surface area contributed by atoms with Crippen molar-refractivity contribution in [3.05, 3.63) is 29.6 Å². The van der Waals surface area contributed by atoms with Gasteiger partial charge in [0.05, 0.1) is 5.69 Å². The van der Waals surface area contributed by atoms with Crippen molar-refractivity contribution >= 4 is 5.78 Å². The normalized spacial score (nSPS) is 26.3. The average molecular weight is 288 g/mol. The highest BCUT2D eigenvalue weighted by molar-refractivity contribution is 5.82. The van der Waals surface area contributed by atoms with Gasteiger partial charge in [-0.25, -0.2) is 0 Å². The van der Waals surface area contributed by atoms with Gasteiger partial charge in [-0.15, -0.1) is 0 Å². The zero-order valence-corrected chi connectivity index (χ0v) is 13.8. The first kappa shape index (κ1) is 16.2. The van der Waals surface area contributed by atoms with Gasteiger partial charge in [-0.1, -0.05) is 26.8 Å². The lowest BCUT2D eigenvalue weighted by atomic mass is 9.74. The van der Waals surface area contributed by atoms with Gasteiger partial charge in [-0.05, 0) is 43.9 Å². The Morgan fingerprint density at radius 1 is 1.33 bits per heavy atom. The van der Waals surface area contributed by atoms with E-state index >= 15 is 0 Å². The fourth-order valence-corrected chi connectivity index (χ4v) is 3.48. The second kappa shape index (κ2) is 7.17. The van der Waals surface area contributed by atoms with Crippen LogP contribution in [0.25, 0.3) is 0 Å². The molecular formula is C18H28N2O. The monoisotopic (exact) mass is 288 g/mol. The Bertz CT molecular complexity index is 486. The number of hydrogen-bond acceptors (Lipinski definition) is 3. The molecule has 0 radical (unpaired) electrons. The lowest BCUT2D eigenvalue weighted by Crippen LogP contribution is -2.40. The van der Waals surface area contributed by atoms with E-state index in [4.69, 9.17) is 0 Å². The summed E-state index contributed by atoms with van der Waals surface area (Å²) in [7, 11) is 0. The molecule has 1 fully saturated rings. The molecule has 1 saturated carbocycles. The van der Waals surface area contributed by atoms with E-state index in [-0.39, 0.29) is 5.92 Å². The molecule has 116 valence electrons. The highest BCUT2D eigenvalue weighted by Gasteiger charge is 2.33. The molecule has 0 amide bonds. The average Bonchev–Trinajstić information content (AvgIpc) is 2.41. The number of Topliss-reactive ketones (excluding diaryl/α,β-unsaturated/α-hetero) is 1. The SMILES string of the molecule is CCN(Cc1cccc(C)n1)CC1C(=O)CC(C)CC1C.